The van der Waals surface area contributed by atoms with Crippen LogP contribution in [-0.4, -0.2) is 19.9 Å². The Labute approximate surface area is 303 Å². The summed E-state index contributed by atoms with van der Waals surface area (Å²) in [4.78, 5) is 19.8. The van der Waals surface area contributed by atoms with Gasteiger partial charge in [0.15, 0.2) is 0 Å². The molecule has 4 nitrogen and oxygen atoms in total. The molecule has 248 valence electrons. The van der Waals surface area contributed by atoms with Crippen molar-refractivity contribution in [1.82, 2.24) is 19.9 Å². The van der Waals surface area contributed by atoms with E-state index >= 15 is 0 Å². The Hall–Kier alpha value is -3.41. The second kappa shape index (κ2) is 14.6. The standard InChI is InChI=1S/C42H47IN4S/c1-9-25-27(11-3)36-22-38-29(13-5)31(15-7)41(46-38)33(19-17-24-18-20-40(43)48-24)42-32(16-8)30(14-6)39(47-42)23-37-28(12-4)26(10-2)35(45-37)21-34(25)44-36/h18,20-23,44-45H,9-16H2,1-8H3. The molecule has 0 amide bonds. The zero-order valence-corrected chi connectivity index (χ0v) is 32.7. The van der Waals surface area contributed by atoms with Crippen molar-refractivity contribution < 1.29 is 0 Å². The number of aromatic amines is 2. The highest BCUT2D eigenvalue weighted by atomic mass is 127. The summed E-state index contributed by atoms with van der Waals surface area (Å²) in [6.07, 6.45) is 7.45. The van der Waals surface area contributed by atoms with Crippen LogP contribution in [0.3, 0.4) is 0 Å². The highest BCUT2D eigenvalue weighted by molar-refractivity contribution is 14.1. The fourth-order valence-electron chi connectivity index (χ4n) is 7.81. The molecule has 0 spiro atoms. The Morgan fingerprint density at radius 3 is 1.31 bits per heavy atom. The molecule has 2 aliphatic rings. The van der Waals surface area contributed by atoms with Crippen molar-refractivity contribution >= 4 is 78.3 Å². The van der Waals surface area contributed by atoms with E-state index in [2.05, 4.69) is 130 Å². The lowest BCUT2D eigenvalue weighted by molar-refractivity contribution is 1.07. The van der Waals surface area contributed by atoms with Crippen molar-refractivity contribution in [2.75, 3.05) is 0 Å². The molecule has 8 bridgehead atoms. The van der Waals surface area contributed by atoms with Gasteiger partial charge in [-0.15, -0.1) is 11.3 Å². The molecule has 0 saturated carbocycles. The third kappa shape index (κ3) is 6.02. The van der Waals surface area contributed by atoms with E-state index in [0.717, 1.165) is 84.6 Å². The van der Waals surface area contributed by atoms with Crippen molar-refractivity contribution in [3.63, 3.8) is 0 Å². The summed E-state index contributed by atoms with van der Waals surface area (Å²) in [5.41, 5.74) is 20.5. The summed E-state index contributed by atoms with van der Waals surface area (Å²) in [7, 11) is 0. The molecule has 0 radical (unpaired) electrons. The second-order valence-corrected chi connectivity index (χ2v) is 15.4. The summed E-state index contributed by atoms with van der Waals surface area (Å²) < 4.78 is 1.24. The van der Waals surface area contributed by atoms with Crippen LogP contribution in [0.25, 0.3) is 44.4 Å². The molecule has 0 atom stereocenters. The normalized spacial score (nSPS) is 13.0. The van der Waals surface area contributed by atoms with E-state index in [4.69, 9.17) is 9.97 Å². The lowest BCUT2D eigenvalue weighted by Crippen LogP contribution is -1.95. The predicted octanol–water partition coefficient (Wildman–Crippen LogP) is 12.1. The molecular formula is C42H47IN4S. The molecule has 0 unspecified atom stereocenters. The van der Waals surface area contributed by atoms with E-state index in [1.807, 2.05) is 0 Å². The number of halogens is 1. The molecular weight excluding hydrogens is 719 g/mol. The smallest absolute Gasteiger partial charge is 0.0851 e. The Balaban J connectivity index is 1.89. The van der Waals surface area contributed by atoms with Gasteiger partial charge < -0.3 is 9.97 Å². The summed E-state index contributed by atoms with van der Waals surface area (Å²) in [6.45, 7) is 18.1. The fourth-order valence-corrected chi connectivity index (χ4v) is 9.29. The van der Waals surface area contributed by atoms with E-state index < -0.39 is 0 Å². The maximum Gasteiger partial charge on any atom is 0.0851 e. The number of hydrogen-bond donors (Lipinski definition) is 2. The molecule has 6 heterocycles. The summed E-state index contributed by atoms with van der Waals surface area (Å²) in [5.74, 6) is 7.22. The number of rotatable bonds is 8. The minimum Gasteiger partial charge on any atom is -0.355 e. The van der Waals surface area contributed by atoms with Crippen LogP contribution >= 0.6 is 33.9 Å². The van der Waals surface area contributed by atoms with Crippen LogP contribution in [0.4, 0.5) is 0 Å². The van der Waals surface area contributed by atoms with Crippen LogP contribution in [0, 0.1) is 14.7 Å². The first-order chi connectivity index (χ1) is 23.3. The average molecular weight is 767 g/mol. The van der Waals surface area contributed by atoms with Gasteiger partial charge in [0.25, 0.3) is 0 Å². The van der Waals surface area contributed by atoms with Gasteiger partial charge in [-0.05, 0) is 149 Å². The van der Waals surface area contributed by atoms with E-state index in [-0.39, 0.29) is 0 Å². The second-order valence-electron chi connectivity index (χ2n) is 12.4. The first-order valence-electron chi connectivity index (χ1n) is 17.9. The minimum absolute atomic E-state index is 0.887. The van der Waals surface area contributed by atoms with Crippen LogP contribution in [0.2, 0.25) is 0 Å². The lowest BCUT2D eigenvalue weighted by Gasteiger charge is -2.08. The highest BCUT2D eigenvalue weighted by Crippen LogP contribution is 2.41. The van der Waals surface area contributed by atoms with Gasteiger partial charge in [0.1, 0.15) is 0 Å². The van der Waals surface area contributed by atoms with Crippen molar-refractivity contribution in [2.45, 2.75) is 107 Å². The molecule has 2 aliphatic heterocycles. The maximum atomic E-state index is 5.50. The van der Waals surface area contributed by atoms with E-state index in [1.165, 1.54) is 69.5 Å². The van der Waals surface area contributed by atoms with Gasteiger partial charge in [0.05, 0.1) is 36.1 Å². The third-order valence-corrected chi connectivity index (χ3v) is 11.8. The topological polar surface area (TPSA) is 57.4 Å². The Kier molecular flexibility index (Phi) is 10.5. The predicted molar refractivity (Wildman–Crippen MR) is 216 cm³/mol. The van der Waals surface area contributed by atoms with Crippen LogP contribution in [0.15, 0.2) is 30.3 Å². The zero-order chi connectivity index (χ0) is 34.1. The number of aromatic nitrogens is 4. The number of aryl methyl sites for hydroxylation is 4. The van der Waals surface area contributed by atoms with Crippen LogP contribution in [0.1, 0.15) is 137 Å². The Morgan fingerprint density at radius 2 is 0.958 bits per heavy atom. The largest absolute Gasteiger partial charge is 0.355 e. The molecule has 4 aromatic heterocycles. The molecule has 6 rings (SSSR count). The molecule has 0 aromatic carbocycles. The number of fused-ring (bicyclic) bond motifs is 8. The van der Waals surface area contributed by atoms with Gasteiger partial charge in [0, 0.05) is 22.1 Å². The fraction of sp³-hybridized carbons (Fsp3) is 0.381. The first-order valence-corrected chi connectivity index (χ1v) is 19.8. The molecule has 2 N–H and O–H groups in total. The summed E-state index contributed by atoms with van der Waals surface area (Å²) in [5, 5.41) is 0. The van der Waals surface area contributed by atoms with E-state index in [9.17, 15) is 0 Å². The Morgan fingerprint density at radius 1 is 0.542 bits per heavy atom. The Bertz CT molecular complexity index is 2070. The van der Waals surface area contributed by atoms with Crippen molar-refractivity contribution in [2.24, 2.45) is 0 Å². The van der Waals surface area contributed by atoms with Crippen molar-refractivity contribution in [3.8, 4) is 11.8 Å². The quantitative estimate of drug-likeness (QED) is 0.139. The number of thiophene rings is 1. The van der Waals surface area contributed by atoms with Gasteiger partial charge in [-0.25, -0.2) is 9.97 Å². The number of H-pyrrole nitrogens is 2. The number of nitrogens with one attached hydrogen (secondary N) is 2. The zero-order valence-electron chi connectivity index (χ0n) is 29.7. The minimum atomic E-state index is 0.887. The maximum absolute atomic E-state index is 5.50. The van der Waals surface area contributed by atoms with Crippen molar-refractivity contribution in [3.05, 3.63) is 88.7 Å². The monoisotopic (exact) mass is 766 g/mol. The van der Waals surface area contributed by atoms with Gasteiger partial charge >= 0.3 is 0 Å². The lowest BCUT2D eigenvalue weighted by atomic mass is 9.94. The van der Waals surface area contributed by atoms with Gasteiger partial charge in [-0.2, -0.15) is 0 Å². The number of allylic oxidation sites excluding steroid dienone is 4. The highest BCUT2D eigenvalue weighted by Gasteiger charge is 2.26. The van der Waals surface area contributed by atoms with Crippen LogP contribution < -0.4 is 0 Å². The van der Waals surface area contributed by atoms with Gasteiger partial charge in [-0.3, -0.25) is 0 Å². The number of nitrogens with zero attached hydrogens (tertiary/aromatic N) is 2. The molecule has 4 aromatic rings. The van der Waals surface area contributed by atoms with Crippen LogP contribution in [-0.2, 0) is 25.7 Å². The molecule has 0 fully saturated rings. The molecule has 6 heteroatoms. The SMILES string of the molecule is CCC1=C(CC)c2nc1cc1[nH]c(cc3[nH]c(cc4nc(c2C#Cc2ccc(I)s2)C(CC)=C4CC)c(CC)c3CC)c(CC)c1CC. The van der Waals surface area contributed by atoms with E-state index in [1.54, 1.807) is 11.3 Å². The molecule has 0 saturated heterocycles. The summed E-state index contributed by atoms with van der Waals surface area (Å²) in [6, 6.07) is 11.2. The van der Waals surface area contributed by atoms with Gasteiger partial charge in [0.2, 0.25) is 0 Å². The van der Waals surface area contributed by atoms with Gasteiger partial charge in [-0.1, -0.05) is 67.2 Å². The summed E-state index contributed by atoms with van der Waals surface area (Å²) >= 11 is 4.11. The third-order valence-electron chi connectivity index (χ3n) is 9.99. The average Bonchev–Trinajstić information content (AvgIpc) is 3.89. The first kappa shape index (κ1) is 34.5. The van der Waals surface area contributed by atoms with Crippen LogP contribution in [0.5, 0.6) is 0 Å². The molecule has 0 aliphatic carbocycles. The van der Waals surface area contributed by atoms with Crippen molar-refractivity contribution in [1.29, 1.82) is 0 Å². The van der Waals surface area contributed by atoms with E-state index in [0.29, 0.717) is 0 Å². The number of hydrogen-bond acceptors (Lipinski definition) is 3. The molecule has 48 heavy (non-hydrogen) atoms.